The van der Waals surface area contributed by atoms with E-state index in [0.717, 1.165) is 28.3 Å². The van der Waals surface area contributed by atoms with Crippen LogP contribution in [0.25, 0.3) is 11.3 Å². The molecule has 0 spiro atoms. The molecule has 0 saturated carbocycles. The highest BCUT2D eigenvalue weighted by Crippen LogP contribution is 2.34. The zero-order valence-corrected chi connectivity index (χ0v) is 15.2. The van der Waals surface area contributed by atoms with Gasteiger partial charge in [0.15, 0.2) is 0 Å². The number of nitrogens with one attached hydrogen (secondary N) is 1. The van der Waals surface area contributed by atoms with E-state index in [2.05, 4.69) is 9.97 Å². The van der Waals surface area contributed by atoms with E-state index in [-0.39, 0.29) is 0 Å². The lowest BCUT2D eigenvalue weighted by Gasteiger charge is -2.04. The van der Waals surface area contributed by atoms with Crippen LogP contribution in [0, 0.1) is 6.92 Å². The Morgan fingerprint density at radius 1 is 1.00 bits per heavy atom. The number of imidazole rings is 1. The van der Waals surface area contributed by atoms with Crippen molar-refractivity contribution in [2.24, 2.45) is 0 Å². The molecule has 0 radical (unpaired) electrons. The van der Waals surface area contributed by atoms with Gasteiger partial charge in [0, 0.05) is 27.7 Å². The van der Waals surface area contributed by atoms with Crippen LogP contribution < -0.4 is 0 Å². The Hall–Kier alpha value is -1.19. The first-order valence-corrected chi connectivity index (χ1v) is 8.40. The van der Waals surface area contributed by atoms with Crippen LogP contribution in [-0.4, -0.2) is 9.97 Å². The van der Waals surface area contributed by atoms with Gasteiger partial charge in [0.1, 0.15) is 5.82 Å². The molecule has 118 valence electrons. The molecule has 0 saturated heterocycles. The highest BCUT2D eigenvalue weighted by atomic mass is 35.5. The van der Waals surface area contributed by atoms with Gasteiger partial charge in [-0.05, 0) is 36.8 Å². The maximum absolute atomic E-state index is 6.29. The summed E-state index contributed by atoms with van der Waals surface area (Å²) in [4.78, 5) is 7.92. The van der Waals surface area contributed by atoms with Gasteiger partial charge in [0.25, 0.3) is 0 Å². The summed E-state index contributed by atoms with van der Waals surface area (Å²) in [7, 11) is 0. The Labute approximate surface area is 154 Å². The summed E-state index contributed by atoms with van der Waals surface area (Å²) in [6.07, 6.45) is 0.554. The molecule has 3 rings (SSSR count). The van der Waals surface area contributed by atoms with Crippen molar-refractivity contribution in [2.75, 3.05) is 0 Å². The summed E-state index contributed by atoms with van der Waals surface area (Å²) in [5.74, 6) is 0.790. The predicted molar refractivity (Wildman–Crippen MR) is 98.0 cm³/mol. The van der Waals surface area contributed by atoms with E-state index in [9.17, 15) is 0 Å². The quantitative estimate of drug-likeness (QED) is 0.541. The second kappa shape index (κ2) is 6.74. The first-order valence-electron chi connectivity index (χ1n) is 6.89. The summed E-state index contributed by atoms with van der Waals surface area (Å²) in [6, 6.07) is 10.9. The smallest absolute Gasteiger partial charge is 0.111 e. The van der Waals surface area contributed by atoms with E-state index in [4.69, 9.17) is 46.4 Å². The lowest BCUT2D eigenvalue weighted by Crippen LogP contribution is -1.92. The second-order valence-electron chi connectivity index (χ2n) is 5.17. The molecule has 23 heavy (non-hydrogen) atoms. The monoisotopic (exact) mass is 384 g/mol. The molecule has 0 atom stereocenters. The van der Waals surface area contributed by atoms with E-state index in [1.165, 1.54) is 0 Å². The molecule has 3 aromatic rings. The Bertz CT molecular complexity index is 871. The van der Waals surface area contributed by atoms with Crippen LogP contribution in [0.3, 0.4) is 0 Å². The van der Waals surface area contributed by atoms with Crippen LogP contribution in [0.2, 0.25) is 20.1 Å². The van der Waals surface area contributed by atoms with Crippen molar-refractivity contribution in [3.63, 3.8) is 0 Å². The molecular formula is C17H12Cl4N2. The SMILES string of the molecule is Cc1[nH]c(Cc2cc(Cl)ccc2Cl)nc1-c1cccc(Cl)c1Cl. The van der Waals surface area contributed by atoms with Gasteiger partial charge in [-0.3, -0.25) is 0 Å². The molecular weight excluding hydrogens is 374 g/mol. The van der Waals surface area contributed by atoms with E-state index < -0.39 is 0 Å². The molecule has 6 heteroatoms. The highest BCUT2D eigenvalue weighted by molar-refractivity contribution is 6.43. The molecule has 0 unspecified atom stereocenters. The third-order valence-corrected chi connectivity index (χ3v) is 4.93. The number of aromatic nitrogens is 2. The van der Waals surface area contributed by atoms with Crippen molar-refractivity contribution in [1.82, 2.24) is 9.97 Å². The Kier molecular flexibility index (Phi) is 4.88. The van der Waals surface area contributed by atoms with Crippen LogP contribution >= 0.6 is 46.4 Å². The molecule has 0 aliphatic heterocycles. The van der Waals surface area contributed by atoms with Crippen molar-refractivity contribution >= 4 is 46.4 Å². The molecule has 2 nitrogen and oxygen atoms in total. The number of halogens is 4. The lowest BCUT2D eigenvalue weighted by atomic mass is 10.1. The van der Waals surface area contributed by atoms with E-state index in [1.54, 1.807) is 18.2 Å². The highest BCUT2D eigenvalue weighted by Gasteiger charge is 2.15. The number of H-pyrrole nitrogens is 1. The van der Waals surface area contributed by atoms with Crippen LogP contribution in [0.1, 0.15) is 17.1 Å². The standard InChI is InChI=1S/C17H12Cl4N2/c1-9-17(12-3-2-4-14(20)16(12)21)23-15(22-9)8-10-7-11(18)5-6-13(10)19/h2-7H,8H2,1H3,(H,22,23). The van der Waals surface area contributed by atoms with Crippen molar-refractivity contribution in [3.8, 4) is 11.3 Å². The first kappa shape index (κ1) is 16.7. The van der Waals surface area contributed by atoms with Crippen LogP contribution in [0.15, 0.2) is 36.4 Å². The molecule has 0 fully saturated rings. The third kappa shape index (κ3) is 3.51. The largest absolute Gasteiger partial charge is 0.345 e. The zero-order valence-electron chi connectivity index (χ0n) is 12.1. The summed E-state index contributed by atoms with van der Waals surface area (Å²) in [5.41, 5.74) is 3.42. The van der Waals surface area contributed by atoms with Crippen LogP contribution in [0.5, 0.6) is 0 Å². The molecule has 1 aromatic heterocycles. The number of benzene rings is 2. The third-order valence-electron chi connectivity index (χ3n) is 3.51. The van der Waals surface area contributed by atoms with Crippen molar-refractivity contribution < 1.29 is 0 Å². The molecule has 0 amide bonds. The molecule has 2 aromatic carbocycles. The average Bonchev–Trinajstić information content (AvgIpc) is 2.86. The normalized spacial score (nSPS) is 11.0. The summed E-state index contributed by atoms with van der Waals surface area (Å²) in [5, 5.41) is 2.30. The zero-order chi connectivity index (χ0) is 16.6. The molecule has 0 aliphatic carbocycles. The fourth-order valence-electron chi connectivity index (χ4n) is 2.41. The van der Waals surface area contributed by atoms with Gasteiger partial charge in [-0.15, -0.1) is 0 Å². The minimum atomic E-state index is 0.496. The number of hydrogen-bond donors (Lipinski definition) is 1. The van der Waals surface area contributed by atoms with Crippen molar-refractivity contribution in [2.45, 2.75) is 13.3 Å². The summed E-state index contributed by atoms with van der Waals surface area (Å²) >= 11 is 24.6. The van der Waals surface area contributed by atoms with E-state index in [0.29, 0.717) is 26.5 Å². The predicted octanol–water partition coefficient (Wildman–Crippen LogP) is 6.59. The molecule has 0 aliphatic rings. The van der Waals surface area contributed by atoms with Crippen molar-refractivity contribution in [1.29, 1.82) is 0 Å². The van der Waals surface area contributed by atoms with E-state index >= 15 is 0 Å². The Balaban J connectivity index is 1.98. The van der Waals surface area contributed by atoms with Crippen molar-refractivity contribution in [3.05, 3.63) is 73.6 Å². The number of rotatable bonds is 3. The topological polar surface area (TPSA) is 28.7 Å². The molecule has 0 bridgehead atoms. The molecule has 1 N–H and O–H groups in total. The van der Waals surface area contributed by atoms with Crippen LogP contribution in [0.4, 0.5) is 0 Å². The number of aromatic amines is 1. The fourth-order valence-corrected chi connectivity index (χ4v) is 3.18. The number of hydrogen-bond acceptors (Lipinski definition) is 1. The lowest BCUT2D eigenvalue weighted by molar-refractivity contribution is 1.02. The van der Waals surface area contributed by atoms with Gasteiger partial charge in [-0.1, -0.05) is 58.5 Å². The summed E-state index contributed by atoms with van der Waals surface area (Å²) < 4.78 is 0. The van der Waals surface area contributed by atoms with Gasteiger partial charge >= 0.3 is 0 Å². The van der Waals surface area contributed by atoms with Gasteiger partial charge < -0.3 is 4.98 Å². The maximum atomic E-state index is 6.29. The number of nitrogens with zero attached hydrogens (tertiary/aromatic N) is 1. The average molecular weight is 386 g/mol. The van der Waals surface area contributed by atoms with Gasteiger partial charge in [0.05, 0.1) is 15.7 Å². The van der Waals surface area contributed by atoms with Gasteiger partial charge in [-0.25, -0.2) is 4.98 Å². The van der Waals surface area contributed by atoms with E-state index in [1.807, 2.05) is 25.1 Å². The molecule has 1 heterocycles. The minimum Gasteiger partial charge on any atom is -0.345 e. The fraction of sp³-hybridized carbons (Fsp3) is 0.118. The number of aryl methyl sites for hydroxylation is 1. The Morgan fingerprint density at radius 2 is 1.78 bits per heavy atom. The van der Waals surface area contributed by atoms with Gasteiger partial charge in [0.2, 0.25) is 0 Å². The second-order valence-corrected chi connectivity index (χ2v) is 6.80. The van der Waals surface area contributed by atoms with Crippen LogP contribution in [-0.2, 0) is 6.42 Å². The summed E-state index contributed by atoms with van der Waals surface area (Å²) in [6.45, 7) is 1.95. The minimum absolute atomic E-state index is 0.496. The first-order chi connectivity index (χ1) is 11.0. The Morgan fingerprint density at radius 3 is 2.57 bits per heavy atom. The maximum Gasteiger partial charge on any atom is 0.111 e. The van der Waals surface area contributed by atoms with Gasteiger partial charge in [-0.2, -0.15) is 0 Å².